The first kappa shape index (κ1) is 21.4. The molecular weight excluding hydrogens is 326 g/mol. The summed E-state index contributed by atoms with van der Waals surface area (Å²) in [6.45, 7) is 8.64. The van der Waals surface area contributed by atoms with Crippen molar-refractivity contribution in [2.45, 2.75) is 65.3 Å². The maximum absolute atomic E-state index is 11.8. The van der Waals surface area contributed by atoms with Gasteiger partial charge in [0.1, 0.15) is 0 Å². The lowest BCUT2D eigenvalue weighted by Gasteiger charge is -2.28. The van der Waals surface area contributed by atoms with Gasteiger partial charge in [0.05, 0.1) is 6.61 Å². The third-order valence-corrected chi connectivity index (χ3v) is 7.35. The summed E-state index contributed by atoms with van der Waals surface area (Å²) in [5, 5.41) is 2.82. The van der Waals surface area contributed by atoms with Crippen LogP contribution in [0.1, 0.15) is 59.3 Å². The van der Waals surface area contributed by atoms with Crippen LogP contribution in [0.4, 0.5) is 4.79 Å². The second-order valence-corrected chi connectivity index (χ2v) is 8.85. The standard InChI is InChI=1S/C17H35NO5Si/c1-4-21-24(22-5-2,23-6-3)14-10-13-18-17(19)20-15-16-11-8-7-9-12-16/h16H,4-15H2,1-3H3,(H,18,19). The van der Waals surface area contributed by atoms with Gasteiger partial charge in [0.15, 0.2) is 0 Å². The molecule has 0 unspecified atom stereocenters. The van der Waals surface area contributed by atoms with E-state index < -0.39 is 8.80 Å². The highest BCUT2D eigenvalue weighted by molar-refractivity contribution is 6.60. The number of amides is 1. The van der Waals surface area contributed by atoms with Crippen LogP contribution < -0.4 is 5.32 Å². The fraction of sp³-hybridized carbons (Fsp3) is 0.941. The first-order chi connectivity index (χ1) is 11.7. The number of hydrogen-bond donors (Lipinski definition) is 1. The van der Waals surface area contributed by atoms with Gasteiger partial charge in [-0.25, -0.2) is 4.79 Å². The quantitative estimate of drug-likeness (QED) is 0.424. The number of rotatable bonds is 12. The normalized spacial score (nSPS) is 16.1. The van der Waals surface area contributed by atoms with Gasteiger partial charge in [0.25, 0.3) is 0 Å². The van der Waals surface area contributed by atoms with Crippen LogP contribution in [0.15, 0.2) is 0 Å². The van der Waals surface area contributed by atoms with Gasteiger partial charge in [-0.15, -0.1) is 0 Å². The lowest BCUT2D eigenvalue weighted by molar-refractivity contribution is 0.0705. The second-order valence-electron chi connectivity index (χ2n) is 6.11. The monoisotopic (exact) mass is 361 g/mol. The molecule has 0 atom stereocenters. The minimum atomic E-state index is -2.60. The van der Waals surface area contributed by atoms with E-state index in [9.17, 15) is 4.79 Å². The van der Waals surface area contributed by atoms with Crippen molar-refractivity contribution in [2.24, 2.45) is 5.92 Å². The van der Waals surface area contributed by atoms with Crippen molar-refractivity contribution >= 4 is 14.9 Å². The Morgan fingerprint density at radius 1 is 1.00 bits per heavy atom. The number of carbonyl (C=O) groups excluding carboxylic acids is 1. The molecule has 142 valence electrons. The predicted molar refractivity (Wildman–Crippen MR) is 96.0 cm³/mol. The summed E-state index contributed by atoms with van der Waals surface area (Å²) in [5.74, 6) is 0.540. The smallest absolute Gasteiger partial charge is 0.449 e. The zero-order valence-electron chi connectivity index (χ0n) is 15.6. The Hall–Kier alpha value is -0.633. The van der Waals surface area contributed by atoms with Crippen molar-refractivity contribution in [2.75, 3.05) is 33.0 Å². The highest BCUT2D eigenvalue weighted by atomic mass is 28.4. The van der Waals surface area contributed by atoms with Crippen molar-refractivity contribution < 1.29 is 22.8 Å². The molecule has 1 amide bonds. The molecule has 0 aromatic rings. The number of ether oxygens (including phenoxy) is 1. The van der Waals surface area contributed by atoms with Crippen molar-refractivity contribution in [3.63, 3.8) is 0 Å². The van der Waals surface area contributed by atoms with E-state index in [2.05, 4.69) is 5.32 Å². The lowest BCUT2D eigenvalue weighted by atomic mass is 9.90. The zero-order chi connectivity index (χ0) is 17.7. The van der Waals surface area contributed by atoms with E-state index in [4.69, 9.17) is 18.0 Å². The molecular formula is C17H35NO5Si. The molecule has 0 aromatic carbocycles. The first-order valence-electron chi connectivity index (χ1n) is 9.48. The Morgan fingerprint density at radius 3 is 2.12 bits per heavy atom. The second kappa shape index (κ2) is 12.7. The topological polar surface area (TPSA) is 66.0 Å². The summed E-state index contributed by atoms with van der Waals surface area (Å²) < 4.78 is 22.7. The van der Waals surface area contributed by atoms with Gasteiger partial charge in [-0.05, 0) is 46.0 Å². The van der Waals surface area contributed by atoms with E-state index in [0.29, 0.717) is 44.9 Å². The molecule has 7 heteroatoms. The Labute approximate surface area is 147 Å². The number of nitrogens with one attached hydrogen (secondary N) is 1. The summed E-state index contributed by atoms with van der Waals surface area (Å²) in [5.41, 5.74) is 0. The largest absolute Gasteiger partial charge is 0.500 e. The zero-order valence-corrected chi connectivity index (χ0v) is 16.6. The molecule has 1 saturated carbocycles. The van der Waals surface area contributed by atoms with Crippen LogP contribution in [0, 0.1) is 5.92 Å². The Bertz CT molecular complexity index is 320. The van der Waals surface area contributed by atoms with E-state index in [1.807, 2.05) is 20.8 Å². The van der Waals surface area contributed by atoms with Gasteiger partial charge in [-0.3, -0.25) is 0 Å². The van der Waals surface area contributed by atoms with E-state index in [0.717, 1.165) is 6.42 Å². The molecule has 1 rings (SSSR count). The average molecular weight is 362 g/mol. The van der Waals surface area contributed by atoms with E-state index >= 15 is 0 Å². The van der Waals surface area contributed by atoms with Crippen LogP contribution in [0.25, 0.3) is 0 Å². The molecule has 1 aliphatic carbocycles. The van der Waals surface area contributed by atoms with Crippen LogP contribution in [-0.4, -0.2) is 47.9 Å². The predicted octanol–water partition coefficient (Wildman–Crippen LogP) is 3.73. The maximum atomic E-state index is 11.8. The molecule has 1 N–H and O–H groups in total. The third kappa shape index (κ3) is 8.46. The van der Waals surface area contributed by atoms with E-state index in [1.54, 1.807) is 0 Å². The Kier molecular flexibility index (Phi) is 11.3. The number of hydrogen-bond acceptors (Lipinski definition) is 5. The summed E-state index contributed by atoms with van der Waals surface area (Å²) >= 11 is 0. The van der Waals surface area contributed by atoms with Crippen LogP contribution in [-0.2, 0) is 18.0 Å². The average Bonchev–Trinajstić information content (AvgIpc) is 2.59. The van der Waals surface area contributed by atoms with Gasteiger partial charge >= 0.3 is 14.9 Å². The molecule has 0 bridgehead atoms. The molecule has 0 radical (unpaired) electrons. The molecule has 0 aromatic heterocycles. The van der Waals surface area contributed by atoms with Gasteiger partial charge in [-0.2, -0.15) is 0 Å². The van der Waals surface area contributed by atoms with Crippen molar-refractivity contribution in [1.29, 1.82) is 0 Å². The molecule has 1 fully saturated rings. The Morgan fingerprint density at radius 2 is 1.58 bits per heavy atom. The third-order valence-electron chi connectivity index (χ3n) is 4.20. The van der Waals surface area contributed by atoms with E-state index in [1.165, 1.54) is 32.1 Å². The Balaban J connectivity index is 2.22. The van der Waals surface area contributed by atoms with Gasteiger partial charge in [0, 0.05) is 32.4 Å². The first-order valence-corrected chi connectivity index (χ1v) is 11.4. The van der Waals surface area contributed by atoms with Crippen LogP contribution >= 0.6 is 0 Å². The van der Waals surface area contributed by atoms with Gasteiger partial charge in [0.2, 0.25) is 0 Å². The minimum Gasteiger partial charge on any atom is -0.449 e. The molecule has 0 spiro atoms. The van der Waals surface area contributed by atoms with Crippen molar-refractivity contribution in [3.05, 3.63) is 0 Å². The van der Waals surface area contributed by atoms with Crippen LogP contribution in [0.5, 0.6) is 0 Å². The van der Waals surface area contributed by atoms with Crippen molar-refractivity contribution in [1.82, 2.24) is 5.32 Å². The van der Waals surface area contributed by atoms with Crippen LogP contribution in [0.2, 0.25) is 6.04 Å². The van der Waals surface area contributed by atoms with E-state index in [-0.39, 0.29) is 6.09 Å². The fourth-order valence-corrected chi connectivity index (χ4v) is 5.71. The van der Waals surface area contributed by atoms with Gasteiger partial charge in [-0.1, -0.05) is 19.3 Å². The molecule has 6 nitrogen and oxygen atoms in total. The molecule has 24 heavy (non-hydrogen) atoms. The molecule has 0 saturated heterocycles. The molecule has 1 aliphatic rings. The lowest BCUT2D eigenvalue weighted by Crippen LogP contribution is -2.46. The van der Waals surface area contributed by atoms with Crippen molar-refractivity contribution in [3.8, 4) is 0 Å². The summed E-state index contributed by atoms with van der Waals surface area (Å²) in [6, 6.07) is 0.700. The van der Waals surface area contributed by atoms with Gasteiger partial charge < -0.3 is 23.3 Å². The highest BCUT2D eigenvalue weighted by Gasteiger charge is 2.39. The highest BCUT2D eigenvalue weighted by Crippen LogP contribution is 2.23. The minimum absolute atomic E-state index is 0.322. The number of carbonyl (C=O) groups is 1. The maximum Gasteiger partial charge on any atom is 0.500 e. The summed E-state index contributed by atoms with van der Waals surface area (Å²) in [7, 11) is -2.60. The SMILES string of the molecule is CCO[Si](CCCNC(=O)OCC1CCCCC1)(OCC)OCC. The molecule has 0 aliphatic heterocycles. The molecule has 0 heterocycles. The summed E-state index contributed by atoms with van der Waals surface area (Å²) in [6.07, 6.45) is 6.62. The fourth-order valence-electron chi connectivity index (χ4n) is 3.09. The van der Waals surface area contributed by atoms with Crippen LogP contribution in [0.3, 0.4) is 0 Å². The summed E-state index contributed by atoms with van der Waals surface area (Å²) in [4.78, 5) is 11.8. The number of alkyl carbamates (subject to hydrolysis) is 1.